The quantitative estimate of drug-likeness (QED) is 0.178. The monoisotopic (exact) mass is 639 g/mol. The molecule has 4 aromatic carbocycles. The zero-order valence-corrected chi connectivity index (χ0v) is 29.4. The predicted molar refractivity (Wildman–Crippen MR) is 200 cm³/mol. The van der Waals surface area contributed by atoms with Crippen LogP contribution in [0, 0.1) is 0 Å². The minimum absolute atomic E-state index is 0.0459. The van der Waals surface area contributed by atoms with Crippen LogP contribution in [0.3, 0.4) is 0 Å². The second-order valence-corrected chi connectivity index (χ2v) is 16.6. The fourth-order valence-electron chi connectivity index (χ4n) is 9.49. The molecule has 7 aliphatic rings. The molecule has 7 aliphatic heterocycles. The molecule has 6 heteroatoms. The van der Waals surface area contributed by atoms with Crippen LogP contribution in [0.1, 0.15) is 89.5 Å². The van der Waals surface area contributed by atoms with Crippen molar-refractivity contribution in [2.45, 2.75) is 89.1 Å². The van der Waals surface area contributed by atoms with Crippen LogP contribution >= 0.6 is 0 Å². The molecule has 7 heterocycles. The first-order valence-electron chi connectivity index (χ1n) is 18.0. The average molecular weight is 640 g/mol. The van der Waals surface area contributed by atoms with Gasteiger partial charge >= 0.3 is 0 Å². The molecule has 248 valence electrons. The van der Waals surface area contributed by atoms with Gasteiger partial charge in [0.25, 0.3) is 0 Å². The van der Waals surface area contributed by atoms with Crippen molar-refractivity contribution < 1.29 is 4.74 Å². The molecule has 0 fully saturated rings. The van der Waals surface area contributed by atoms with E-state index in [1.54, 1.807) is 0 Å². The van der Waals surface area contributed by atoms with Crippen molar-refractivity contribution in [3.8, 4) is 11.5 Å². The average Bonchev–Trinajstić information content (AvgIpc) is 3.06. The standard InChI is InChI=1S/C42H49N5O/c1-39(2)17-21-46-37-13-9-29(25-33(37)39)48-30-10-14-38-34(26-30)40(3,4)18-22-47(38)42(6)16-20-44-36-12-8-28(24-32(36)42)45-27-7-11-35-31(23-27)41(46,5)15-19-43-35/h7-14,23-26,43-45H,15-22H2,1-6H3. The van der Waals surface area contributed by atoms with Gasteiger partial charge in [0.15, 0.2) is 0 Å². The fourth-order valence-corrected chi connectivity index (χ4v) is 9.49. The maximum absolute atomic E-state index is 6.78. The highest BCUT2D eigenvalue weighted by Crippen LogP contribution is 2.52. The molecular weight excluding hydrogens is 590 g/mol. The van der Waals surface area contributed by atoms with Crippen LogP contribution in [0.2, 0.25) is 0 Å². The minimum Gasteiger partial charge on any atom is -0.457 e. The third-order valence-corrected chi connectivity index (χ3v) is 12.7. The number of ether oxygens (including phenoxy) is 1. The summed E-state index contributed by atoms with van der Waals surface area (Å²) in [7, 11) is 0. The van der Waals surface area contributed by atoms with Gasteiger partial charge < -0.3 is 30.5 Å². The van der Waals surface area contributed by atoms with Crippen molar-refractivity contribution in [1.82, 2.24) is 0 Å². The highest BCUT2D eigenvalue weighted by molar-refractivity contribution is 5.75. The van der Waals surface area contributed by atoms with E-state index in [0.717, 1.165) is 74.7 Å². The molecule has 11 rings (SSSR count). The second kappa shape index (κ2) is 10.1. The molecule has 4 aromatic rings. The van der Waals surface area contributed by atoms with Crippen molar-refractivity contribution in [1.29, 1.82) is 0 Å². The van der Waals surface area contributed by atoms with Crippen molar-refractivity contribution in [3.63, 3.8) is 0 Å². The van der Waals surface area contributed by atoms with Crippen LogP contribution in [-0.2, 0) is 21.9 Å². The lowest BCUT2D eigenvalue weighted by Crippen LogP contribution is -2.52. The van der Waals surface area contributed by atoms with E-state index in [-0.39, 0.29) is 21.9 Å². The van der Waals surface area contributed by atoms with Crippen molar-refractivity contribution in [2.75, 3.05) is 51.9 Å². The van der Waals surface area contributed by atoms with Crippen molar-refractivity contribution >= 4 is 34.1 Å². The maximum Gasteiger partial charge on any atom is 0.127 e. The van der Waals surface area contributed by atoms with Gasteiger partial charge in [0, 0.05) is 71.4 Å². The number of nitrogens with one attached hydrogen (secondary N) is 3. The number of anilines is 6. The number of nitrogens with zero attached hydrogens (tertiary/aromatic N) is 2. The van der Waals surface area contributed by atoms with E-state index >= 15 is 0 Å². The van der Waals surface area contributed by atoms with Gasteiger partial charge in [-0.1, -0.05) is 27.7 Å². The largest absolute Gasteiger partial charge is 0.457 e. The second-order valence-electron chi connectivity index (χ2n) is 16.6. The van der Waals surface area contributed by atoms with Crippen molar-refractivity contribution in [2.24, 2.45) is 0 Å². The molecule has 48 heavy (non-hydrogen) atoms. The van der Waals surface area contributed by atoms with Gasteiger partial charge in [-0.05, 0) is 134 Å². The highest BCUT2D eigenvalue weighted by Gasteiger charge is 2.45. The summed E-state index contributed by atoms with van der Waals surface area (Å²) in [5, 5.41) is 11.3. The SMILES string of the molecule is CC1(C)CCN2c3ccc(cc31)Oc1ccc3c(c1)C(C)(C)CCN3C1(C)CCNc3ccc(cc31)Nc1ccc3c(c1)C2(C)CCN3. The van der Waals surface area contributed by atoms with Gasteiger partial charge in [-0.25, -0.2) is 0 Å². The summed E-state index contributed by atoms with van der Waals surface area (Å²) in [6.45, 7) is 18.4. The Bertz CT molecular complexity index is 1820. The Morgan fingerprint density at radius 1 is 0.521 bits per heavy atom. The maximum atomic E-state index is 6.78. The van der Waals surface area contributed by atoms with E-state index < -0.39 is 0 Å². The molecule has 2 atom stereocenters. The molecule has 0 aromatic heterocycles. The van der Waals surface area contributed by atoms with Gasteiger partial charge in [0.2, 0.25) is 0 Å². The molecule has 0 aliphatic carbocycles. The number of benzene rings is 4. The molecule has 6 nitrogen and oxygen atoms in total. The van der Waals surface area contributed by atoms with Crippen LogP contribution in [-0.4, -0.2) is 26.2 Å². The van der Waals surface area contributed by atoms with Crippen LogP contribution in [0.4, 0.5) is 34.1 Å². The molecule has 3 N–H and O–H groups in total. The molecule has 0 amide bonds. The van der Waals surface area contributed by atoms with Crippen LogP contribution in [0.25, 0.3) is 0 Å². The molecule has 0 spiro atoms. The molecular formula is C42H49N5O. The van der Waals surface area contributed by atoms with Crippen LogP contribution in [0.5, 0.6) is 11.5 Å². The Morgan fingerprint density at radius 2 is 0.979 bits per heavy atom. The lowest BCUT2D eigenvalue weighted by atomic mass is 9.74. The van der Waals surface area contributed by atoms with E-state index in [1.165, 1.54) is 45.0 Å². The van der Waals surface area contributed by atoms with E-state index in [1.807, 2.05) is 0 Å². The molecule has 12 bridgehead atoms. The van der Waals surface area contributed by atoms with Gasteiger partial charge in [0.05, 0.1) is 11.1 Å². The number of rotatable bonds is 0. The highest BCUT2D eigenvalue weighted by atomic mass is 16.5. The third kappa shape index (κ3) is 4.37. The Labute approximate surface area is 285 Å². The first kappa shape index (κ1) is 29.8. The zero-order chi connectivity index (χ0) is 33.1. The lowest BCUT2D eigenvalue weighted by molar-refractivity contribution is 0.353. The summed E-state index contributed by atoms with van der Waals surface area (Å²) in [4.78, 5) is 5.37. The molecule has 0 radical (unpaired) electrons. The van der Waals surface area contributed by atoms with Crippen molar-refractivity contribution in [3.05, 3.63) is 95.1 Å². The van der Waals surface area contributed by atoms with Gasteiger partial charge in [-0.3, -0.25) is 0 Å². The van der Waals surface area contributed by atoms with E-state index in [9.17, 15) is 0 Å². The Morgan fingerprint density at radius 3 is 1.44 bits per heavy atom. The van der Waals surface area contributed by atoms with E-state index in [2.05, 4.69) is 140 Å². The minimum atomic E-state index is -0.154. The van der Waals surface area contributed by atoms with Gasteiger partial charge in [0.1, 0.15) is 11.5 Å². The summed E-state index contributed by atoms with van der Waals surface area (Å²) in [6.07, 6.45) is 4.24. The van der Waals surface area contributed by atoms with Gasteiger partial charge in [-0.15, -0.1) is 0 Å². The van der Waals surface area contributed by atoms with E-state index in [0.29, 0.717) is 0 Å². The molecule has 0 saturated carbocycles. The van der Waals surface area contributed by atoms with Crippen LogP contribution in [0.15, 0.2) is 72.8 Å². The lowest BCUT2D eigenvalue weighted by Gasteiger charge is -2.52. The predicted octanol–water partition coefficient (Wildman–Crippen LogP) is 9.97. The molecule has 0 saturated heterocycles. The first-order valence-corrected chi connectivity index (χ1v) is 18.0. The van der Waals surface area contributed by atoms with Crippen LogP contribution < -0.4 is 30.5 Å². The fraction of sp³-hybridized carbons (Fsp3) is 0.429. The zero-order valence-electron chi connectivity index (χ0n) is 29.4. The summed E-state index contributed by atoms with van der Waals surface area (Å²) < 4.78 is 6.78. The first-order chi connectivity index (χ1) is 22.9. The summed E-state index contributed by atoms with van der Waals surface area (Å²) in [6, 6.07) is 27.5. The Hall–Kier alpha value is -4.32. The number of hydrogen-bond acceptors (Lipinski definition) is 6. The summed E-state index contributed by atoms with van der Waals surface area (Å²) >= 11 is 0. The topological polar surface area (TPSA) is 51.8 Å². The van der Waals surface area contributed by atoms with Gasteiger partial charge in [-0.2, -0.15) is 0 Å². The summed E-state index contributed by atoms with van der Waals surface area (Å²) in [5.74, 6) is 1.83. The normalized spacial score (nSPS) is 25.7. The smallest absolute Gasteiger partial charge is 0.127 e. The molecule has 2 unspecified atom stereocenters. The Balaban J connectivity index is 1.27. The number of hydrogen-bond donors (Lipinski definition) is 3. The Kier molecular flexibility index (Phi) is 6.27. The summed E-state index contributed by atoms with van der Waals surface area (Å²) in [5.41, 5.74) is 12.6. The van der Waals surface area contributed by atoms with E-state index in [4.69, 9.17) is 4.74 Å². The third-order valence-electron chi connectivity index (χ3n) is 12.7.